The van der Waals surface area contributed by atoms with E-state index < -0.39 is 0 Å². The van der Waals surface area contributed by atoms with E-state index in [4.69, 9.17) is 10.00 Å². The summed E-state index contributed by atoms with van der Waals surface area (Å²) < 4.78 is 5.69. The highest BCUT2D eigenvalue weighted by atomic mass is 16.5. The fourth-order valence-corrected chi connectivity index (χ4v) is 2.33. The molecule has 0 aliphatic carbocycles. The third-order valence-electron chi connectivity index (χ3n) is 3.84. The van der Waals surface area contributed by atoms with Gasteiger partial charge in [0, 0.05) is 12.1 Å². The molecule has 4 heteroatoms. The van der Waals surface area contributed by atoms with Crippen LogP contribution in [-0.2, 0) is 10.2 Å². The summed E-state index contributed by atoms with van der Waals surface area (Å²) in [4.78, 5) is 11.9. The lowest BCUT2D eigenvalue weighted by Gasteiger charge is -2.19. The average Bonchev–Trinajstić information content (AvgIpc) is 2.59. The third kappa shape index (κ3) is 5.96. The van der Waals surface area contributed by atoms with Crippen molar-refractivity contribution < 1.29 is 9.53 Å². The van der Waals surface area contributed by atoms with Gasteiger partial charge in [-0.1, -0.05) is 32.9 Å². The number of nitrogens with zero attached hydrogens (tertiary/aromatic N) is 1. The number of nitriles is 1. The first kappa shape index (κ1) is 18.5. The Kier molecular flexibility index (Phi) is 6.19. The van der Waals surface area contributed by atoms with Crippen molar-refractivity contribution in [2.24, 2.45) is 0 Å². The van der Waals surface area contributed by atoms with E-state index >= 15 is 0 Å². The maximum absolute atomic E-state index is 11.9. The van der Waals surface area contributed by atoms with E-state index in [-0.39, 0.29) is 11.3 Å². The Hall–Kier alpha value is -2.80. The molecule has 25 heavy (non-hydrogen) atoms. The van der Waals surface area contributed by atoms with E-state index in [1.54, 1.807) is 24.3 Å². The number of nitrogens with one attached hydrogen (secondary N) is 1. The number of hydrogen-bond acceptors (Lipinski definition) is 3. The van der Waals surface area contributed by atoms with Crippen molar-refractivity contribution in [1.82, 2.24) is 0 Å². The largest absolute Gasteiger partial charge is 0.494 e. The predicted octanol–water partition coefficient (Wildman–Crippen LogP) is 4.65. The molecular weight excluding hydrogens is 312 g/mol. The molecule has 0 unspecified atom stereocenters. The molecule has 0 bridgehead atoms. The summed E-state index contributed by atoms with van der Waals surface area (Å²) in [7, 11) is 0. The molecular formula is C21H24N2O2. The fourth-order valence-electron chi connectivity index (χ4n) is 2.33. The van der Waals surface area contributed by atoms with Gasteiger partial charge in [0.25, 0.3) is 0 Å². The molecule has 2 rings (SSSR count). The van der Waals surface area contributed by atoms with Gasteiger partial charge < -0.3 is 10.1 Å². The minimum absolute atomic E-state index is 0.0589. The molecule has 0 saturated heterocycles. The molecule has 0 saturated carbocycles. The molecule has 0 aliphatic rings. The van der Waals surface area contributed by atoms with Gasteiger partial charge in [0.05, 0.1) is 18.2 Å². The average molecular weight is 336 g/mol. The first-order valence-corrected chi connectivity index (χ1v) is 8.42. The number of ether oxygens (including phenoxy) is 1. The van der Waals surface area contributed by atoms with Crippen molar-refractivity contribution in [2.45, 2.75) is 39.0 Å². The Labute approximate surface area is 149 Å². The van der Waals surface area contributed by atoms with Gasteiger partial charge in [0.1, 0.15) is 5.75 Å². The quantitative estimate of drug-likeness (QED) is 0.781. The summed E-state index contributed by atoms with van der Waals surface area (Å²) in [5.74, 6) is 0.761. The first-order valence-electron chi connectivity index (χ1n) is 8.42. The van der Waals surface area contributed by atoms with Gasteiger partial charge in [-0.05, 0) is 53.8 Å². The Bertz CT molecular complexity index is 735. The number of carbonyl (C=O) groups is 1. The topological polar surface area (TPSA) is 62.1 Å². The van der Waals surface area contributed by atoms with Crippen LogP contribution >= 0.6 is 0 Å². The van der Waals surface area contributed by atoms with Crippen LogP contribution in [0, 0.1) is 11.3 Å². The maximum atomic E-state index is 11.9. The highest BCUT2D eigenvalue weighted by Crippen LogP contribution is 2.24. The standard InChI is InChI=1S/C21H24N2O2/c1-21(2,3)17-8-12-19(13-9-17)25-14-4-5-20(24)23-18-10-6-16(15-22)7-11-18/h6-13H,4-5,14H2,1-3H3,(H,23,24). The van der Waals surface area contributed by atoms with Crippen LogP contribution < -0.4 is 10.1 Å². The molecule has 0 heterocycles. The van der Waals surface area contributed by atoms with E-state index in [0.717, 1.165) is 5.75 Å². The van der Waals surface area contributed by atoms with Crippen molar-refractivity contribution in [2.75, 3.05) is 11.9 Å². The summed E-state index contributed by atoms with van der Waals surface area (Å²) >= 11 is 0. The lowest BCUT2D eigenvalue weighted by molar-refractivity contribution is -0.116. The van der Waals surface area contributed by atoms with Crippen LogP contribution in [0.5, 0.6) is 5.75 Å². The van der Waals surface area contributed by atoms with Gasteiger partial charge >= 0.3 is 0 Å². The van der Waals surface area contributed by atoms with Crippen LogP contribution in [0.25, 0.3) is 0 Å². The van der Waals surface area contributed by atoms with E-state index in [2.05, 4.69) is 38.2 Å². The van der Waals surface area contributed by atoms with Crippen LogP contribution in [-0.4, -0.2) is 12.5 Å². The maximum Gasteiger partial charge on any atom is 0.224 e. The van der Waals surface area contributed by atoms with Gasteiger partial charge in [0.15, 0.2) is 0 Å². The number of amides is 1. The Morgan fingerprint density at radius 1 is 1.08 bits per heavy atom. The lowest BCUT2D eigenvalue weighted by atomic mass is 9.87. The van der Waals surface area contributed by atoms with Crippen LogP contribution in [0.15, 0.2) is 48.5 Å². The van der Waals surface area contributed by atoms with Crippen molar-refractivity contribution in [3.63, 3.8) is 0 Å². The number of benzene rings is 2. The Balaban J connectivity index is 1.71. The second-order valence-corrected chi connectivity index (χ2v) is 6.96. The zero-order chi connectivity index (χ0) is 18.3. The van der Waals surface area contributed by atoms with Crippen molar-refractivity contribution in [3.8, 4) is 11.8 Å². The van der Waals surface area contributed by atoms with Gasteiger partial charge in [-0.15, -0.1) is 0 Å². The summed E-state index contributed by atoms with van der Waals surface area (Å²) in [5, 5.41) is 11.6. The SMILES string of the molecule is CC(C)(C)c1ccc(OCCCC(=O)Nc2ccc(C#N)cc2)cc1. The molecule has 1 N–H and O–H groups in total. The summed E-state index contributed by atoms with van der Waals surface area (Å²) in [6, 6.07) is 17.0. The Morgan fingerprint density at radius 3 is 2.28 bits per heavy atom. The van der Waals surface area contributed by atoms with E-state index in [1.807, 2.05) is 18.2 Å². The second-order valence-electron chi connectivity index (χ2n) is 6.96. The molecule has 0 aromatic heterocycles. The lowest BCUT2D eigenvalue weighted by Crippen LogP contribution is -2.13. The van der Waals surface area contributed by atoms with Crippen LogP contribution in [0.2, 0.25) is 0 Å². The Morgan fingerprint density at radius 2 is 1.72 bits per heavy atom. The minimum Gasteiger partial charge on any atom is -0.494 e. The van der Waals surface area contributed by atoms with Crippen LogP contribution in [0.1, 0.15) is 44.7 Å². The zero-order valence-corrected chi connectivity index (χ0v) is 15.0. The molecule has 0 spiro atoms. The monoisotopic (exact) mass is 336 g/mol. The van der Waals surface area contributed by atoms with Gasteiger partial charge in [-0.25, -0.2) is 0 Å². The molecule has 0 radical (unpaired) electrons. The molecule has 4 nitrogen and oxygen atoms in total. The normalized spacial score (nSPS) is 10.8. The summed E-state index contributed by atoms with van der Waals surface area (Å²) in [6.45, 7) is 7.02. The van der Waals surface area contributed by atoms with Crippen LogP contribution in [0.4, 0.5) is 5.69 Å². The molecule has 0 fully saturated rings. The fraction of sp³-hybridized carbons (Fsp3) is 0.333. The smallest absolute Gasteiger partial charge is 0.224 e. The van der Waals surface area contributed by atoms with Gasteiger partial charge in [-0.2, -0.15) is 5.26 Å². The minimum atomic E-state index is -0.0589. The van der Waals surface area contributed by atoms with Crippen molar-refractivity contribution in [3.05, 3.63) is 59.7 Å². The van der Waals surface area contributed by atoms with Crippen molar-refractivity contribution >= 4 is 11.6 Å². The number of rotatable bonds is 6. The van der Waals surface area contributed by atoms with Crippen molar-refractivity contribution in [1.29, 1.82) is 5.26 Å². The zero-order valence-electron chi connectivity index (χ0n) is 15.0. The molecule has 0 atom stereocenters. The highest BCUT2D eigenvalue weighted by molar-refractivity contribution is 5.90. The van der Waals surface area contributed by atoms with Crippen LogP contribution in [0.3, 0.4) is 0 Å². The van der Waals surface area contributed by atoms with Gasteiger partial charge in [0.2, 0.25) is 5.91 Å². The van der Waals surface area contributed by atoms with E-state index in [1.165, 1.54) is 5.56 Å². The summed E-state index contributed by atoms with van der Waals surface area (Å²) in [6.07, 6.45) is 1.03. The first-order chi connectivity index (χ1) is 11.9. The molecule has 1 amide bonds. The molecule has 0 aliphatic heterocycles. The highest BCUT2D eigenvalue weighted by Gasteiger charge is 2.12. The number of anilines is 1. The van der Waals surface area contributed by atoms with E-state index in [0.29, 0.717) is 30.7 Å². The second kappa shape index (κ2) is 8.34. The summed E-state index contributed by atoms with van der Waals surface area (Å²) in [5.41, 5.74) is 2.66. The number of hydrogen-bond donors (Lipinski definition) is 1. The molecule has 2 aromatic carbocycles. The van der Waals surface area contributed by atoms with Gasteiger partial charge in [-0.3, -0.25) is 4.79 Å². The molecule has 130 valence electrons. The molecule has 2 aromatic rings. The van der Waals surface area contributed by atoms with E-state index in [9.17, 15) is 4.79 Å². The predicted molar refractivity (Wildman–Crippen MR) is 99.7 cm³/mol. The third-order valence-corrected chi connectivity index (χ3v) is 3.84. The number of carbonyl (C=O) groups excluding carboxylic acids is 1.